The van der Waals surface area contributed by atoms with Gasteiger partial charge in [0.2, 0.25) is 0 Å². The highest BCUT2D eigenvalue weighted by Gasteiger charge is 2.22. The Bertz CT molecular complexity index is 444. The molecule has 0 radical (unpaired) electrons. The summed E-state index contributed by atoms with van der Waals surface area (Å²) in [5, 5.41) is 4.30. The molecular formula is C13H16ClN. The van der Waals surface area contributed by atoms with Gasteiger partial charge in [-0.05, 0) is 51.0 Å². The molecule has 0 saturated carbocycles. The van der Waals surface area contributed by atoms with Crippen molar-refractivity contribution in [3.05, 3.63) is 34.4 Å². The third-order valence-corrected chi connectivity index (χ3v) is 3.17. The van der Waals surface area contributed by atoms with Crippen LogP contribution in [0.3, 0.4) is 0 Å². The monoisotopic (exact) mass is 221 g/mol. The Morgan fingerprint density at radius 3 is 2.53 bits per heavy atom. The molecule has 0 bridgehead atoms. The summed E-state index contributed by atoms with van der Waals surface area (Å²) in [7, 11) is 0. The standard InChI is InChI=1S/C13H16ClN/c1-8-5-10-9(2)7-13(3,4)15-12(10)6-11(8)14/h5-7,15H,1-4H3. The summed E-state index contributed by atoms with van der Waals surface area (Å²) in [6.45, 7) is 8.50. The number of fused-ring (bicyclic) bond motifs is 1. The van der Waals surface area contributed by atoms with Crippen LogP contribution in [0.15, 0.2) is 18.2 Å². The first-order valence-corrected chi connectivity index (χ1v) is 5.55. The molecule has 1 nitrogen and oxygen atoms in total. The van der Waals surface area contributed by atoms with Gasteiger partial charge in [-0.15, -0.1) is 0 Å². The lowest BCUT2D eigenvalue weighted by atomic mass is 9.90. The molecule has 0 aromatic heterocycles. The zero-order valence-corrected chi connectivity index (χ0v) is 10.4. The quantitative estimate of drug-likeness (QED) is 0.691. The van der Waals surface area contributed by atoms with E-state index in [9.17, 15) is 0 Å². The van der Waals surface area contributed by atoms with Gasteiger partial charge in [0.05, 0.1) is 5.54 Å². The van der Waals surface area contributed by atoms with Crippen molar-refractivity contribution in [2.24, 2.45) is 0 Å². The van der Waals surface area contributed by atoms with Crippen LogP contribution in [0.25, 0.3) is 5.57 Å². The minimum absolute atomic E-state index is 0.00959. The number of hydrogen-bond acceptors (Lipinski definition) is 1. The Morgan fingerprint density at radius 1 is 1.20 bits per heavy atom. The summed E-state index contributed by atoms with van der Waals surface area (Å²) in [5.41, 5.74) is 4.85. The normalized spacial score (nSPS) is 17.8. The van der Waals surface area contributed by atoms with Crippen LogP contribution < -0.4 is 5.32 Å². The van der Waals surface area contributed by atoms with Gasteiger partial charge in [-0.2, -0.15) is 0 Å². The lowest BCUT2D eigenvalue weighted by Crippen LogP contribution is -2.31. The van der Waals surface area contributed by atoms with Gasteiger partial charge in [0.25, 0.3) is 0 Å². The molecule has 80 valence electrons. The maximum absolute atomic E-state index is 6.13. The summed E-state index contributed by atoms with van der Waals surface area (Å²) in [4.78, 5) is 0. The molecule has 2 rings (SSSR count). The minimum atomic E-state index is 0.00959. The van der Waals surface area contributed by atoms with Crippen molar-refractivity contribution >= 4 is 22.9 Å². The van der Waals surface area contributed by atoms with Crippen molar-refractivity contribution in [3.63, 3.8) is 0 Å². The number of anilines is 1. The van der Waals surface area contributed by atoms with Crippen molar-refractivity contribution in [2.45, 2.75) is 33.2 Å². The van der Waals surface area contributed by atoms with E-state index < -0.39 is 0 Å². The third-order valence-electron chi connectivity index (χ3n) is 2.76. The average Bonchev–Trinajstić information content (AvgIpc) is 2.07. The Morgan fingerprint density at radius 2 is 1.87 bits per heavy atom. The highest BCUT2D eigenvalue weighted by atomic mass is 35.5. The Kier molecular flexibility index (Phi) is 2.31. The molecule has 1 N–H and O–H groups in total. The van der Waals surface area contributed by atoms with E-state index in [1.807, 2.05) is 13.0 Å². The Hall–Kier alpha value is -0.950. The second kappa shape index (κ2) is 3.28. The first-order valence-electron chi connectivity index (χ1n) is 5.17. The molecule has 0 saturated heterocycles. The van der Waals surface area contributed by atoms with E-state index in [2.05, 4.69) is 38.2 Å². The van der Waals surface area contributed by atoms with Gasteiger partial charge in [0, 0.05) is 16.3 Å². The summed E-state index contributed by atoms with van der Waals surface area (Å²) in [6.07, 6.45) is 2.25. The van der Waals surface area contributed by atoms with Crippen LogP contribution in [0, 0.1) is 6.92 Å². The van der Waals surface area contributed by atoms with Crippen LogP contribution in [0.4, 0.5) is 5.69 Å². The molecule has 1 aromatic rings. The lowest BCUT2D eigenvalue weighted by Gasteiger charge is -2.31. The number of rotatable bonds is 0. The second-order valence-corrected chi connectivity index (χ2v) is 5.23. The number of benzene rings is 1. The van der Waals surface area contributed by atoms with Crippen molar-refractivity contribution < 1.29 is 0 Å². The van der Waals surface area contributed by atoms with Crippen LogP contribution in [0.5, 0.6) is 0 Å². The second-order valence-electron chi connectivity index (χ2n) is 4.82. The maximum atomic E-state index is 6.13. The van der Waals surface area contributed by atoms with Crippen LogP contribution in [-0.4, -0.2) is 5.54 Å². The molecule has 1 aromatic carbocycles. The van der Waals surface area contributed by atoms with Crippen LogP contribution in [0.2, 0.25) is 5.02 Å². The van der Waals surface area contributed by atoms with Crippen molar-refractivity contribution in [1.29, 1.82) is 0 Å². The smallest absolute Gasteiger partial charge is 0.0505 e. The van der Waals surface area contributed by atoms with Crippen molar-refractivity contribution in [2.75, 3.05) is 5.32 Å². The predicted octanol–water partition coefficient (Wildman–Crippen LogP) is 4.26. The van der Waals surface area contributed by atoms with Gasteiger partial charge >= 0.3 is 0 Å². The van der Waals surface area contributed by atoms with E-state index in [0.29, 0.717) is 0 Å². The highest BCUT2D eigenvalue weighted by molar-refractivity contribution is 6.31. The maximum Gasteiger partial charge on any atom is 0.0505 e. The first-order chi connectivity index (χ1) is 6.89. The molecule has 0 atom stereocenters. The molecule has 0 aliphatic carbocycles. The number of nitrogens with one attached hydrogen (secondary N) is 1. The molecule has 2 heteroatoms. The highest BCUT2D eigenvalue weighted by Crippen LogP contribution is 2.36. The van der Waals surface area contributed by atoms with Gasteiger partial charge in [0.15, 0.2) is 0 Å². The predicted molar refractivity (Wildman–Crippen MR) is 67.5 cm³/mol. The van der Waals surface area contributed by atoms with Gasteiger partial charge in [-0.3, -0.25) is 0 Å². The molecular weight excluding hydrogens is 206 g/mol. The van der Waals surface area contributed by atoms with E-state index >= 15 is 0 Å². The number of halogens is 1. The fourth-order valence-corrected chi connectivity index (χ4v) is 2.28. The van der Waals surface area contributed by atoms with Crippen LogP contribution in [0.1, 0.15) is 31.9 Å². The molecule has 0 fully saturated rings. The SMILES string of the molecule is CC1=CC(C)(C)Nc2cc(Cl)c(C)cc21. The first kappa shape index (κ1) is 10.6. The van der Waals surface area contributed by atoms with Gasteiger partial charge < -0.3 is 5.32 Å². The zero-order valence-electron chi connectivity index (χ0n) is 9.61. The molecule has 0 spiro atoms. The Labute approximate surface area is 96.1 Å². The van der Waals surface area contributed by atoms with E-state index in [0.717, 1.165) is 16.3 Å². The van der Waals surface area contributed by atoms with E-state index in [4.69, 9.17) is 11.6 Å². The molecule has 0 amide bonds. The van der Waals surface area contributed by atoms with Crippen molar-refractivity contribution in [3.8, 4) is 0 Å². The fourth-order valence-electron chi connectivity index (χ4n) is 2.11. The summed E-state index contributed by atoms with van der Waals surface area (Å²) in [6, 6.07) is 4.16. The molecule has 1 aliphatic rings. The van der Waals surface area contributed by atoms with Gasteiger partial charge in [-0.1, -0.05) is 17.7 Å². The fraction of sp³-hybridized carbons (Fsp3) is 0.385. The summed E-state index contributed by atoms with van der Waals surface area (Å²) < 4.78 is 0. The molecule has 0 unspecified atom stereocenters. The van der Waals surface area contributed by atoms with E-state index in [1.165, 1.54) is 11.1 Å². The lowest BCUT2D eigenvalue weighted by molar-refractivity contribution is 0.707. The van der Waals surface area contributed by atoms with E-state index in [-0.39, 0.29) is 5.54 Å². The summed E-state index contributed by atoms with van der Waals surface area (Å²) >= 11 is 6.13. The number of hydrogen-bond donors (Lipinski definition) is 1. The largest absolute Gasteiger partial charge is 0.376 e. The number of allylic oxidation sites excluding steroid dienone is 1. The van der Waals surface area contributed by atoms with Gasteiger partial charge in [0.1, 0.15) is 0 Å². The molecule has 1 aliphatic heterocycles. The van der Waals surface area contributed by atoms with Crippen LogP contribution >= 0.6 is 11.6 Å². The van der Waals surface area contributed by atoms with Gasteiger partial charge in [-0.25, -0.2) is 0 Å². The van der Waals surface area contributed by atoms with E-state index in [1.54, 1.807) is 0 Å². The zero-order chi connectivity index (χ0) is 11.2. The number of aryl methyl sites for hydroxylation is 1. The third kappa shape index (κ3) is 1.89. The average molecular weight is 222 g/mol. The molecule has 15 heavy (non-hydrogen) atoms. The van der Waals surface area contributed by atoms with Crippen LogP contribution in [-0.2, 0) is 0 Å². The topological polar surface area (TPSA) is 12.0 Å². The Balaban J connectivity index is 2.61. The van der Waals surface area contributed by atoms with Crippen molar-refractivity contribution in [1.82, 2.24) is 0 Å². The summed E-state index contributed by atoms with van der Waals surface area (Å²) in [5.74, 6) is 0. The minimum Gasteiger partial charge on any atom is -0.376 e. The molecule has 1 heterocycles.